The van der Waals surface area contributed by atoms with E-state index in [4.69, 9.17) is 10.00 Å². The maximum atomic E-state index is 12.0. The topological polar surface area (TPSA) is 74.5 Å². The molecule has 5 nitrogen and oxygen atoms in total. The Morgan fingerprint density at radius 2 is 2.33 bits per heavy atom. The molecule has 1 aliphatic heterocycles. The first-order valence-corrected chi connectivity index (χ1v) is 6.12. The van der Waals surface area contributed by atoms with E-state index in [-0.39, 0.29) is 5.91 Å². The summed E-state index contributed by atoms with van der Waals surface area (Å²) in [6.07, 6.45) is 0. The van der Waals surface area contributed by atoms with Crippen LogP contribution in [-0.2, 0) is 4.79 Å². The van der Waals surface area contributed by atoms with Crippen LogP contribution in [0.2, 0.25) is 0 Å². The minimum absolute atomic E-state index is 0.241. The van der Waals surface area contributed by atoms with E-state index >= 15 is 0 Å². The maximum Gasteiger partial charge on any atom is 0.244 e. The van der Waals surface area contributed by atoms with Crippen LogP contribution in [0.4, 0.5) is 11.4 Å². The Hall–Kier alpha value is -2.00. The Morgan fingerprint density at radius 3 is 3.00 bits per heavy atom. The number of carbonyl (C=O) groups excluding carboxylic acids is 1. The lowest BCUT2D eigenvalue weighted by molar-refractivity contribution is -0.114. The molecule has 1 aromatic carbocycles. The van der Waals surface area contributed by atoms with Crippen molar-refractivity contribution < 1.29 is 9.53 Å². The van der Waals surface area contributed by atoms with E-state index in [1.165, 1.54) is 0 Å². The van der Waals surface area contributed by atoms with Gasteiger partial charge in [0, 0.05) is 11.8 Å². The monoisotopic (exact) mass is 261 g/mol. The van der Waals surface area contributed by atoms with E-state index in [0.29, 0.717) is 22.8 Å². The summed E-state index contributed by atoms with van der Waals surface area (Å²) in [4.78, 5) is 16.3. The molecule has 0 radical (unpaired) electrons. The smallest absolute Gasteiger partial charge is 0.244 e. The number of thioether (sulfide) groups is 1. The molecule has 18 heavy (non-hydrogen) atoms. The number of benzene rings is 1. The van der Waals surface area contributed by atoms with E-state index in [2.05, 4.69) is 10.3 Å². The third-order valence-corrected chi connectivity index (χ3v) is 3.44. The van der Waals surface area contributed by atoms with Crippen molar-refractivity contribution in [2.75, 3.05) is 12.4 Å². The number of rotatable bonds is 2. The molecule has 1 atom stereocenters. The predicted octanol–water partition coefficient (Wildman–Crippen LogP) is 2.32. The second-order valence-corrected chi connectivity index (χ2v) is 4.60. The van der Waals surface area contributed by atoms with Crippen molar-refractivity contribution in [3.63, 3.8) is 0 Å². The lowest BCUT2D eigenvalue weighted by Crippen LogP contribution is -2.29. The Kier molecular flexibility index (Phi) is 3.53. The second-order valence-electron chi connectivity index (χ2n) is 3.71. The Balaban J connectivity index is 2.44. The molecule has 0 saturated carbocycles. The van der Waals surface area contributed by atoms with Crippen molar-refractivity contribution in [1.29, 1.82) is 5.26 Å². The van der Waals surface area contributed by atoms with Crippen molar-refractivity contribution >= 4 is 34.8 Å². The molecule has 2 rings (SSSR count). The average Bonchev–Trinajstić information content (AvgIpc) is 2.47. The number of methoxy groups -OCH3 is 1. The maximum absolute atomic E-state index is 12.0. The molecule has 0 aromatic heterocycles. The molecule has 1 amide bonds. The van der Waals surface area contributed by atoms with Gasteiger partial charge in [-0.1, -0.05) is 0 Å². The molecule has 1 N–H and O–H groups in total. The Morgan fingerprint density at radius 1 is 1.56 bits per heavy atom. The molecular weight excluding hydrogens is 250 g/mol. The van der Waals surface area contributed by atoms with Gasteiger partial charge in [0.25, 0.3) is 0 Å². The number of thiocyanates is 1. The van der Waals surface area contributed by atoms with Crippen LogP contribution in [0.5, 0.6) is 5.75 Å². The number of aliphatic imine (C=N–C) groups is 1. The highest BCUT2D eigenvalue weighted by atomic mass is 32.2. The van der Waals surface area contributed by atoms with Gasteiger partial charge in [-0.05, 0) is 30.8 Å². The first kappa shape index (κ1) is 12.5. The first-order valence-electron chi connectivity index (χ1n) is 5.24. The molecule has 1 heterocycles. The minimum Gasteiger partial charge on any atom is -0.497 e. The molecule has 0 fully saturated rings. The highest BCUT2D eigenvalue weighted by molar-refractivity contribution is 8.05. The van der Waals surface area contributed by atoms with Gasteiger partial charge in [-0.3, -0.25) is 9.79 Å². The summed E-state index contributed by atoms with van der Waals surface area (Å²) in [5, 5.41) is 12.8. The fourth-order valence-electron chi connectivity index (χ4n) is 1.67. The van der Waals surface area contributed by atoms with E-state index in [1.807, 2.05) is 5.40 Å². The summed E-state index contributed by atoms with van der Waals surface area (Å²) < 4.78 is 5.10. The van der Waals surface area contributed by atoms with Crippen LogP contribution in [0.15, 0.2) is 23.2 Å². The largest absolute Gasteiger partial charge is 0.497 e. The first-order chi connectivity index (χ1) is 8.65. The van der Waals surface area contributed by atoms with Gasteiger partial charge in [-0.2, -0.15) is 5.26 Å². The van der Waals surface area contributed by atoms with Crippen LogP contribution >= 0.6 is 11.8 Å². The Labute approximate surface area is 109 Å². The van der Waals surface area contributed by atoms with Crippen molar-refractivity contribution in [3.05, 3.63) is 18.2 Å². The van der Waals surface area contributed by atoms with Crippen molar-refractivity contribution in [2.24, 2.45) is 4.99 Å². The standard InChI is InChI=1S/C12H11N3O2S/c1-7-11(18-6-13)12(16)15-10-5-8(17-2)3-4-9(10)14-7/h3-5,11H,1-2H3,(H,15,16). The molecule has 1 unspecified atom stereocenters. The zero-order chi connectivity index (χ0) is 13.1. The average molecular weight is 261 g/mol. The van der Waals surface area contributed by atoms with E-state index in [0.717, 1.165) is 11.8 Å². The van der Waals surface area contributed by atoms with Crippen LogP contribution in [0, 0.1) is 10.7 Å². The molecule has 6 heteroatoms. The van der Waals surface area contributed by atoms with Gasteiger partial charge < -0.3 is 10.1 Å². The fraction of sp³-hybridized carbons (Fsp3) is 0.250. The van der Waals surface area contributed by atoms with Gasteiger partial charge in [-0.15, -0.1) is 0 Å². The van der Waals surface area contributed by atoms with Crippen LogP contribution in [0.1, 0.15) is 6.92 Å². The van der Waals surface area contributed by atoms with E-state index in [1.54, 1.807) is 32.2 Å². The number of amides is 1. The quantitative estimate of drug-likeness (QED) is 0.829. The second kappa shape index (κ2) is 5.10. The van der Waals surface area contributed by atoms with Gasteiger partial charge >= 0.3 is 0 Å². The summed E-state index contributed by atoms with van der Waals surface area (Å²) >= 11 is 0.894. The van der Waals surface area contributed by atoms with E-state index in [9.17, 15) is 4.79 Å². The number of nitriles is 1. The zero-order valence-corrected chi connectivity index (χ0v) is 10.7. The summed E-state index contributed by atoms with van der Waals surface area (Å²) in [6, 6.07) is 5.26. The molecule has 1 aliphatic rings. The lowest BCUT2D eigenvalue weighted by atomic mass is 10.2. The van der Waals surface area contributed by atoms with Gasteiger partial charge in [0.1, 0.15) is 16.4 Å². The minimum atomic E-state index is -0.576. The number of fused-ring (bicyclic) bond motifs is 1. The van der Waals surface area contributed by atoms with Gasteiger partial charge in [-0.25, -0.2) is 0 Å². The summed E-state index contributed by atoms with van der Waals surface area (Å²) in [5.74, 6) is 0.406. The number of hydrogen-bond donors (Lipinski definition) is 1. The summed E-state index contributed by atoms with van der Waals surface area (Å²) in [7, 11) is 1.56. The summed E-state index contributed by atoms with van der Waals surface area (Å²) in [6.45, 7) is 1.74. The number of carbonyl (C=O) groups is 1. The number of ether oxygens (including phenoxy) is 1. The van der Waals surface area contributed by atoms with Crippen molar-refractivity contribution in [1.82, 2.24) is 0 Å². The SMILES string of the molecule is COc1ccc2c(c1)NC(=O)C(SC#N)C(C)=N2. The third kappa shape index (κ3) is 2.31. The normalized spacial score (nSPS) is 17.9. The molecule has 0 aliphatic carbocycles. The molecule has 0 spiro atoms. The van der Waals surface area contributed by atoms with Crippen LogP contribution in [0.25, 0.3) is 0 Å². The lowest BCUT2D eigenvalue weighted by Gasteiger charge is -2.09. The van der Waals surface area contributed by atoms with Crippen molar-refractivity contribution in [2.45, 2.75) is 12.2 Å². The third-order valence-electron chi connectivity index (χ3n) is 2.55. The number of anilines is 1. The fourth-order valence-corrected chi connectivity index (χ4v) is 2.16. The van der Waals surface area contributed by atoms with Gasteiger partial charge in [0.15, 0.2) is 0 Å². The van der Waals surface area contributed by atoms with Crippen LogP contribution in [-0.4, -0.2) is 24.0 Å². The van der Waals surface area contributed by atoms with Crippen LogP contribution < -0.4 is 10.1 Å². The highest BCUT2D eigenvalue weighted by Crippen LogP contribution is 2.33. The van der Waals surface area contributed by atoms with Crippen LogP contribution in [0.3, 0.4) is 0 Å². The predicted molar refractivity (Wildman–Crippen MR) is 71.4 cm³/mol. The number of nitrogens with zero attached hydrogens (tertiary/aromatic N) is 2. The number of nitrogens with one attached hydrogen (secondary N) is 1. The highest BCUT2D eigenvalue weighted by Gasteiger charge is 2.26. The zero-order valence-electron chi connectivity index (χ0n) is 9.93. The summed E-state index contributed by atoms with van der Waals surface area (Å²) in [5.41, 5.74) is 1.88. The molecule has 0 bridgehead atoms. The van der Waals surface area contributed by atoms with Gasteiger partial charge in [0.05, 0.1) is 18.5 Å². The van der Waals surface area contributed by atoms with Gasteiger partial charge in [0.2, 0.25) is 5.91 Å². The Bertz CT molecular complexity index is 563. The van der Waals surface area contributed by atoms with E-state index < -0.39 is 5.25 Å². The van der Waals surface area contributed by atoms with Crippen molar-refractivity contribution in [3.8, 4) is 11.2 Å². The molecular formula is C12H11N3O2S. The molecule has 1 aromatic rings. The number of hydrogen-bond acceptors (Lipinski definition) is 5. The molecule has 92 valence electrons. The molecule has 0 saturated heterocycles.